The van der Waals surface area contributed by atoms with Crippen LogP contribution in [-0.2, 0) is 19.1 Å². The molecule has 0 aromatic heterocycles. The van der Waals surface area contributed by atoms with E-state index in [2.05, 4.69) is 15.5 Å². The van der Waals surface area contributed by atoms with Crippen molar-refractivity contribution in [3.8, 4) is 0 Å². The maximum atomic E-state index is 13.5. The van der Waals surface area contributed by atoms with Crippen LogP contribution in [-0.4, -0.2) is 75.7 Å². The first-order valence-electron chi connectivity index (χ1n) is 11.8. The number of hydrogen-bond donors (Lipinski definition) is 3. The van der Waals surface area contributed by atoms with Crippen LogP contribution in [0.1, 0.15) is 31.7 Å². The summed E-state index contributed by atoms with van der Waals surface area (Å²) in [5.74, 6) is -0.875. The van der Waals surface area contributed by atoms with Gasteiger partial charge in [-0.05, 0) is 44.5 Å². The molecular formula is C25H35ClN4O4. The molecule has 1 amide bonds. The molecule has 186 valence electrons. The SMILES string of the molecule is CC(=O)C1=C(C)NC(COCCN)=C(C(=O)NCCCN2CCOCC2)C1c1cccc(Cl)c1. The quantitative estimate of drug-likeness (QED) is 0.407. The highest BCUT2D eigenvalue weighted by Crippen LogP contribution is 2.39. The van der Waals surface area contributed by atoms with Gasteiger partial charge < -0.3 is 25.8 Å². The number of dihydropyridines is 1. The van der Waals surface area contributed by atoms with Crippen molar-refractivity contribution in [3.63, 3.8) is 0 Å². The maximum absolute atomic E-state index is 13.5. The first-order valence-corrected chi connectivity index (χ1v) is 12.1. The Morgan fingerprint density at radius 3 is 2.74 bits per heavy atom. The van der Waals surface area contributed by atoms with E-state index >= 15 is 0 Å². The molecule has 2 aliphatic heterocycles. The van der Waals surface area contributed by atoms with Crippen molar-refractivity contribution >= 4 is 23.3 Å². The number of ether oxygens (including phenoxy) is 2. The van der Waals surface area contributed by atoms with E-state index in [0.717, 1.165) is 44.8 Å². The number of morpholine rings is 1. The topological polar surface area (TPSA) is 106 Å². The summed E-state index contributed by atoms with van der Waals surface area (Å²) in [4.78, 5) is 28.6. The van der Waals surface area contributed by atoms with Crippen LogP contribution >= 0.6 is 11.6 Å². The Hall–Kier alpha value is -2.23. The van der Waals surface area contributed by atoms with Crippen LogP contribution in [0.15, 0.2) is 46.8 Å². The average Bonchev–Trinajstić information content (AvgIpc) is 2.82. The van der Waals surface area contributed by atoms with E-state index in [1.54, 1.807) is 12.1 Å². The number of benzene rings is 1. The van der Waals surface area contributed by atoms with Gasteiger partial charge in [-0.15, -0.1) is 0 Å². The molecule has 9 heteroatoms. The second-order valence-corrected chi connectivity index (χ2v) is 8.94. The third kappa shape index (κ3) is 6.90. The second kappa shape index (κ2) is 13.0. The number of carbonyl (C=O) groups excluding carboxylic acids is 2. The van der Waals surface area contributed by atoms with Crippen LogP contribution in [0.3, 0.4) is 0 Å². The summed E-state index contributed by atoms with van der Waals surface area (Å²) in [5, 5.41) is 6.85. The van der Waals surface area contributed by atoms with Crippen molar-refractivity contribution in [2.75, 3.05) is 59.2 Å². The molecule has 0 saturated carbocycles. The fourth-order valence-corrected chi connectivity index (χ4v) is 4.65. The fourth-order valence-electron chi connectivity index (χ4n) is 4.45. The molecular weight excluding hydrogens is 456 g/mol. The lowest BCUT2D eigenvalue weighted by Gasteiger charge is -2.32. The van der Waals surface area contributed by atoms with Gasteiger partial charge in [0, 0.05) is 48.4 Å². The van der Waals surface area contributed by atoms with Gasteiger partial charge in [0.05, 0.1) is 37.7 Å². The van der Waals surface area contributed by atoms with Crippen molar-refractivity contribution < 1.29 is 19.1 Å². The van der Waals surface area contributed by atoms with Crippen molar-refractivity contribution in [2.45, 2.75) is 26.2 Å². The van der Waals surface area contributed by atoms with Gasteiger partial charge >= 0.3 is 0 Å². The lowest BCUT2D eigenvalue weighted by Crippen LogP contribution is -2.40. The van der Waals surface area contributed by atoms with Crippen molar-refractivity contribution in [1.82, 2.24) is 15.5 Å². The summed E-state index contributed by atoms with van der Waals surface area (Å²) >= 11 is 6.28. The number of allylic oxidation sites excluding steroid dienone is 2. The molecule has 0 spiro atoms. The fraction of sp³-hybridized carbons (Fsp3) is 0.520. The van der Waals surface area contributed by atoms with E-state index in [-0.39, 0.29) is 18.3 Å². The molecule has 2 aliphatic rings. The number of Topliss-reactive ketones (excluding diaryl/α,β-unsaturated/α-hetero) is 1. The van der Waals surface area contributed by atoms with Crippen LogP contribution in [0.5, 0.6) is 0 Å². The van der Waals surface area contributed by atoms with Gasteiger partial charge in [0.15, 0.2) is 5.78 Å². The molecule has 1 atom stereocenters. The van der Waals surface area contributed by atoms with Crippen molar-refractivity contribution in [1.29, 1.82) is 0 Å². The number of nitrogens with zero attached hydrogens (tertiary/aromatic N) is 1. The Kier molecular flexibility index (Phi) is 10.1. The Labute approximate surface area is 206 Å². The normalized spacial score (nSPS) is 19.2. The Balaban J connectivity index is 1.86. The summed E-state index contributed by atoms with van der Waals surface area (Å²) in [6, 6.07) is 7.30. The molecule has 2 heterocycles. The maximum Gasteiger partial charge on any atom is 0.250 e. The third-order valence-corrected chi connectivity index (χ3v) is 6.23. The summed E-state index contributed by atoms with van der Waals surface area (Å²) in [6.07, 6.45) is 0.821. The van der Waals surface area contributed by atoms with E-state index in [0.29, 0.717) is 47.3 Å². The lowest BCUT2D eigenvalue weighted by molar-refractivity contribution is -0.117. The summed E-state index contributed by atoms with van der Waals surface area (Å²) in [7, 11) is 0. The van der Waals surface area contributed by atoms with E-state index in [4.69, 9.17) is 26.8 Å². The monoisotopic (exact) mass is 490 g/mol. The number of rotatable bonds is 11. The van der Waals surface area contributed by atoms with Crippen molar-refractivity contribution in [3.05, 3.63) is 57.4 Å². The highest BCUT2D eigenvalue weighted by molar-refractivity contribution is 6.30. The number of halogens is 1. The predicted octanol–water partition coefficient (Wildman–Crippen LogP) is 1.96. The van der Waals surface area contributed by atoms with Gasteiger partial charge in [-0.3, -0.25) is 14.5 Å². The summed E-state index contributed by atoms with van der Waals surface area (Å²) < 4.78 is 11.1. The van der Waals surface area contributed by atoms with Crippen LogP contribution < -0.4 is 16.4 Å². The molecule has 1 saturated heterocycles. The largest absolute Gasteiger partial charge is 0.379 e. The molecule has 1 unspecified atom stereocenters. The standard InChI is InChI=1S/C25H35ClN4O4/c1-17-22(18(2)31)23(19-5-3-6-20(26)15-19)24(21(29-17)16-34-12-7-27)25(32)28-8-4-9-30-10-13-33-14-11-30/h3,5-6,15,23,29H,4,7-14,16,27H2,1-2H3,(H,28,32). The Morgan fingerprint density at radius 2 is 2.06 bits per heavy atom. The Bertz CT molecular complexity index is 941. The molecule has 0 radical (unpaired) electrons. The van der Waals surface area contributed by atoms with E-state index < -0.39 is 5.92 Å². The van der Waals surface area contributed by atoms with E-state index in [1.807, 2.05) is 19.1 Å². The number of carbonyl (C=O) groups is 2. The third-order valence-electron chi connectivity index (χ3n) is 6.00. The molecule has 0 bridgehead atoms. The van der Waals surface area contributed by atoms with Crippen molar-refractivity contribution in [2.24, 2.45) is 5.73 Å². The van der Waals surface area contributed by atoms with Gasteiger partial charge in [0.2, 0.25) is 5.91 Å². The molecule has 34 heavy (non-hydrogen) atoms. The first-order chi connectivity index (χ1) is 16.4. The average molecular weight is 491 g/mol. The van der Waals surface area contributed by atoms with Gasteiger partial charge in [-0.25, -0.2) is 0 Å². The minimum Gasteiger partial charge on any atom is -0.379 e. The molecule has 1 fully saturated rings. The number of nitrogens with one attached hydrogen (secondary N) is 2. The molecule has 8 nitrogen and oxygen atoms in total. The predicted molar refractivity (Wildman–Crippen MR) is 132 cm³/mol. The number of hydrogen-bond acceptors (Lipinski definition) is 7. The molecule has 3 rings (SSSR count). The van der Waals surface area contributed by atoms with Crippen LogP contribution in [0.4, 0.5) is 0 Å². The lowest BCUT2D eigenvalue weighted by atomic mass is 9.78. The van der Waals surface area contributed by atoms with Crippen LogP contribution in [0.2, 0.25) is 5.02 Å². The summed E-state index contributed by atoms with van der Waals surface area (Å²) in [6.45, 7) is 9.03. The Morgan fingerprint density at radius 1 is 1.29 bits per heavy atom. The number of nitrogens with two attached hydrogens (primary N) is 1. The van der Waals surface area contributed by atoms with Crippen LogP contribution in [0, 0.1) is 0 Å². The zero-order chi connectivity index (χ0) is 24.5. The van der Waals surface area contributed by atoms with Gasteiger partial charge in [0.25, 0.3) is 0 Å². The first kappa shape index (κ1) is 26.4. The molecule has 0 aliphatic carbocycles. The number of amides is 1. The molecule has 4 N–H and O–H groups in total. The van der Waals surface area contributed by atoms with Gasteiger partial charge in [-0.2, -0.15) is 0 Å². The van der Waals surface area contributed by atoms with E-state index in [9.17, 15) is 9.59 Å². The van der Waals surface area contributed by atoms with Crippen LogP contribution in [0.25, 0.3) is 0 Å². The molecule has 1 aromatic rings. The smallest absolute Gasteiger partial charge is 0.250 e. The highest BCUT2D eigenvalue weighted by Gasteiger charge is 2.36. The van der Waals surface area contributed by atoms with Gasteiger partial charge in [-0.1, -0.05) is 23.7 Å². The zero-order valence-corrected chi connectivity index (χ0v) is 20.7. The van der Waals surface area contributed by atoms with E-state index in [1.165, 1.54) is 6.92 Å². The number of ketones is 1. The summed E-state index contributed by atoms with van der Waals surface area (Å²) in [5.41, 5.74) is 8.72. The van der Waals surface area contributed by atoms with Gasteiger partial charge in [0.1, 0.15) is 0 Å². The minimum atomic E-state index is -0.548. The highest BCUT2D eigenvalue weighted by atomic mass is 35.5. The molecule has 1 aromatic carbocycles. The second-order valence-electron chi connectivity index (χ2n) is 8.50. The minimum absolute atomic E-state index is 0.102. The zero-order valence-electron chi connectivity index (χ0n) is 20.0.